The summed E-state index contributed by atoms with van der Waals surface area (Å²) in [5, 5.41) is 2.69. The molecule has 0 saturated carbocycles. The van der Waals surface area contributed by atoms with Crippen LogP contribution in [0.2, 0.25) is 0 Å². The molecule has 1 aliphatic heterocycles. The number of nitrogens with zero attached hydrogens (tertiary/aromatic N) is 1. The molecule has 1 aliphatic rings. The zero-order valence-electron chi connectivity index (χ0n) is 14.9. The van der Waals surface area contributed by atoms with Gasteiger partial charge in [-0.2, -0.15) is 0 Å². The van der Waals surface area contributed by atoms with Crippen LogP contribution in [0.15, 0.2) is 48.5 Å². The summed E-state index contributed by atoms with van der Waals surface area (Å²) in [6.07, 6.45) is 1.46. The van der Waals surface area contributed by atoms with Crippen LogP contribution in [0.3, 0.4) is 0 Å². The summed E-state index contributed by atoms with van der Waals surface area (Å²) in [4.78, 5) is 36.9. The molecule has 0 bridgehead atoms. The van der Waals surface area contributed by atoms with Gasteiger partial charge in [0.2, 0.25) is 5.91 Å². The van der Waals surface area contributed by atoms with Gasteiger partial charge in [0.25, 0.3) is 5.91 Å². The third kappa shape index (κ3) is 4.63. The quantitative estimate of drug-likeness (QED) is 0.793. The molecule has 1 heterocycles. The Kier molecular flexibility index (Phi) is 5.71. The third-order valence-corrected chi connectivity index (χ3v) is 4.18. The van der Waals surface area contributed by atoms with Crippen molar-refractivity contribution in [3.05, 3.63) is 54.1 Å². The predicted octanol–water partition coefficient (Wildman–Crippen LogP) is 2.62. The number of carbonyl (C=O) groups is 3. The average Bonchev–Trinajstić information content (AvgIpc) is 3.12. The van der Waals surface area contributed by atoms with Crippen LogP contribution in [-0.4, -0.2) is 38.0 Å². The first kappa shape index (κ1) is 18.4. The van der Waals surface area contributed by atoms with Crippen LogP contribution >= 0.6 is 0 Å². The predicted molar refractivity (Wildman–Crippen MR) is 99.9 cm³/mol. The zero-order valence-corrected chi connectivity index (χ0v) is 14.9. The van der Waals surface area contributed by atoms with E-state index in [-0.39, 0.29) is 18.4 Å². The Labute approximate surface area is 156 Å². The fourth-order valence-electron chi connectivity index (χ4n) is 2.80. The number of hydrogen-bond acceptors (Lipinski definition) is 5. The van der Waals surface area contributed by atoms with E-state index in [0.717, 1.165) is 18.7 Å². The van der Waals surface area contributed by atoms with Crippen LogP contribution in [0.1, 0.15) is 23.2 Å². The van der Waals surface area contributed by atoms with Gasteiger partial charge in [0, 0.05) is 24.3 Å². The molecular weight excluding hydrogens is 348 g/mol. The highest BCUT2D eigenvalue weighted by atomic mass is 16.5. The Bertz CT molecular complexity index is 830. The summed E-state index contributed by atoms with van der Waals surface area (Å²) in [5.41, 5.74) is 1.79. The van der Waals surface area contributed by atoms with E-state index in [1.165, 1.54) is 7.11 Å². The number of benzene rings is 2. The lowest BCUT2D eigenvalue weighted by Gasteiger charge is -2.16. The van der Waals surface area contributed by atoms with Crippen molar-refractivity contribution in [2.24, 2.45) is 0 Å². The van der Waals surface area contributed by atoms with E-state index in [1.54, 1.807) is 41.3 Å². The van der Waals surface area contributed by atoms with Gasteiger partial charge in [0.1, 0.15) is 5.75 Å². The van der Waals surface area contributed by atoms with Gasteiger partial charge in [-0.1, -0.05) is 0 Å². The van der Waals surface area contributed by atoms with Gasteiger partial charge in [-0.25, -0.2) is 4.79 Å². The van der Waals surface area contributed by atoms with Crippen LogP contribution in [0, 0.1) is 0 Å². The van der Waals surface area contributed by atoms with E-state index >= 15 is 0 Å². The summed E-state index contributed by atoms with van der Waals surface area (Å²) < 4.78 is 10.1. The molecule has 2 amide bonds. The lowest BCUT2D eigenvalue weighted by Crippen LogP contribution is -2.23. The molecule has 0 atom stereocenters. The number of anilines is 2. The topological polar surface area (TPSA) is 84.9 Å². The van der Waals surface area contributed by atoms with Crippen molar-refractivity contribution in [3.63, 3.8) is 0 Å². The molecule has 3 rings (SSSR count). The van der Waals surface area contributed by atoms with E-state index < -0.39 is 5.97 Å². The molecule has 0 spiro atoms. The van der Waals surface area contributed by atoms with Crippen molar-refractivity contribution in [3.8, 4) is 5.75 Å². The summed E-state index contributed by atoms with van der Waals surface area (Å²) in [7, 11) is 1.31. The first-order valence-electron chi connectivity index (χ1n) is 8.58. The number of rotatable bonds is 6. The van der Waals surface area contributed by atoms with Crippen LogP contribution in [0.25, 0.3) is 0 Å². The van der Waals surface area contributed by atoms with Gasteiger partial charge in [-0.05, 0) is 55.0 Å². The molecule has 2 aromatic carbocycles. The molecule has 1 fully saturated rings. The highest BCUT2D eigenvalue weighted by Crippen LogP contribution is 2.23. The first-order valence-corrected chi connectivity index (χ1v) is 8.58. The summed E-state index contributed by atoms with van der Waals surface area (Å²) in [5.74, 6) is -0.0854. The van der Waals surface area contributed by atoms with Crippen molar-refractivity contribution < 1.29 is 23.9 Å². The summed E-state index contributed by atoms with van der Waals surface area (Å²) >= 11 is 0. The number of methoxy groups -OCH3 is 1. The molecule has 0 aromatic heterocycles. The largest absolute Gasteiger partial charge is 0.484 e. The number of ether oxygens (including phenoxy) is 2. The number of esters is 1. The average molecular weight is 368 g/mol. The molecule has 7 nitrogen and oxygen atoms in total. The Hall–Kier alpha value is -3.35. The summed E-state index contributed by atoms with van der Waals surface area (Å²) in [6.45, 7) is 0.580. The van der Waals surface area contributed by atoms with E-state index in [2.05, 4.69) is 10.1 Å². The van der Waals surface area contributed by atoms with E-state index in [9.17, 15) is 14.4 Å². The molecule has 0 radical (unpaired) electrons. The van der Waals surface area contributed by atoms with E-state index in [1.807, 2.05) is 12.1 Å². The zero-order chi connectivity index (χ0) is 19.2. The maximum Gasteiger partial charge on any atom is 0.337 e. The van der Waals surface area contributed by atoms with Crippen molar-refractivity contribution in [2.75, 3.05) is 30.5 Å². The van der Waals surface area contributed by atoms with Gasteiger partial charge in [-0.15, -0.1) is 0 Å². The van der Waals surface area contributed by atoms with Gasteiger partial charge in [0.15, 0.2) is 6.61 Å². The normalized spacial score (nSPS) is 13.4. The Morgan fingerprint density at radius 2 is 1.78 bits per heavy atom. The SMILES string of the molecule is COC(=O)c1ccc(NC(=O)COc2ccc(N3CCCC3=O)cc2)cc1. The molecule has 140 valence electrons. The van der Waals surface area contributed by atoms with Crippen molar-refractivity contribution in [2.45, 2.75) is 12.8 Å². The Morgan fingerprint density at radius 1 is 1.07 bits per heavy atom. The number of hydrogen-bond donors (Lipinski definition) is 1. The highest BCUT2D eigenvalue weighted by molar-refractivity contribution is 5.95. The van der Waals surface area contributed by atoms with Crippen LogP contribution < -0.4 is 15.0 Å². The van der Waals surface area contributed by atoms with Crippen LogP contribution in [0.4, 0.5) is 11.4 Å². The number of amides is 2. The monoisotopic (exact) mass is 368 g/mol. The smallest absolute Gasteiger partial charge is 0.337 e. The van der Waals surface area contributed by atoms with Gasteiger partial charge in [0.05, 0.1) is 12.7 Å². The minimum Gasteiger partial charge on any atom is -0.484 e. The minimum absolute atomic E-state index is 0.126. The number of nitrogens with one attached hydrogen (secondary N) is 1. The standard InChI is InChI=1S/C20H20N2O5/c1-26-20(25)14-4-6-15(7-5-14)21-18(23)13-27-17-10-8-16(9-11-17)22-12-2-3-19(22)24/h4-11H,2-3,12-13H2,1H3,(H,21,23). The molecular formula is C20H20N2O5. The van der Waals surface area contributed by atoms with Crippen molar-refractivity contribution in [1.82, 2.24) is 0 Å². The van der Waals surface area contributed by atoms with Crippen LogP contribution in [0.5, 0.6) is 5.75 Å². The molecule has 1 saturated heterocycles. The highest BCUT2D eigenvalue weighted by Gasteiger charge is 2.21. The molecule has 0 aliphatic carbocycles. The van der Waals surface area contributed by atoms with Crippen LogP contribution in [-0.2, 0) is 14.3 Å². The van der Waals surface area contributed by atoms with Gasteiger partial charge >= 0.3 is 5.97 Å². The molecule has 2 aromatic rings. The second-order valence-corrected chi connectivity index (χ2v) is 6.05. The Balaban J connectivity index is 1.50. The lowest BCUT2D eigenvalue weighted by molar-refractivity contribution is -0.118. The molecule has 1 N–H and O–H groups in total. The van der Waals surface area contributed by atoms with Crippen molar-refractivity contribution >= 4 is 29.2 Å². The second kappa shape index (κ2) is 8.35. The Morgan fingerprint density at radius 3 is 2.37 bits per heavy atom. The maximum absolute atomic E-state index is 12.0. The third-order valence-electron chi connectivity index (χ3n) is 4.18. The lowest BCUT2D eigenvalue weighted by atomic mass is 10.2. The first-order chi connectivity index (χ1) is 13.1. The van der Waals surface area contributed by atoms with E-state index in [0.29, 0.717) is 23.4 Å². The number of carbonyl (C=O) groups excluding carboxylic acids is 3. The van der Waals surface area contributed by atoms with E-state index in [4.69, 9.17) is 4.74 Å². The fourth-order valence-corrected chi connectivity index (χ4v) is 2.80. The van der Waals surface area contributed by atoms with Crippen molar-refractivity contribution in [1.29, 1.82) is 0 Å². The summed E-state index contributed by atoms with van der Waals surface area (Å²) in [6, 6.07) is 13.5. The van der Waals surface area contributed by atoms with Gasteiger partial charge in [-0.3, -0.25) is 9.59 Å². The molecule has 0 unspecified atom stereocenters. The molecule has 27 heavy (non-hydrogen) atoms. The molecule has 7 heteroatoms. The second-order valence-electron chi connectivity index (χ2n) is 6.05. The van der Waals surface area contributed by atoms with Gasteiger partial charge < -0.3 is 19.7 Å². The minimum atomic E-state index is -0.435. The fraction of sp³-hybridized carbons (Fsp3) is 0.250. The maximum atomic E-state index is 12.0.